The zero-order chi connectivity index (χ0) is 19.2. The van der Waals surface area contributed by atoms with Gasteiger partial charge in [0.15, 0.2) is 0 Å². The minimum absolute atomic E-state index is 0.226. The molecule has 26 heavy (non-hydrogen) atoms. The molecular weight excluding hydrogens is 372 g/mol. The molecule has 7 heteroatoms. The van der Waals surface area contributed by atoms with Crippen LogP contribution in [0, 0.1) is 0 Å². The summed E-state index contributed by atoms with van der Waals surface area (Å²) in [5.41, 5.74) is 1.00. The van der Waals surface area contributed by atoms with Crippen LogP contribution in [0.3, 0.4) is 0 Å². The van der Waals surface area contributed by atoms with Crippen LogP contribution in [0.25, 0.3) is 0 Å². The summed E-state index contributed by atoms with van der Waals surface area (Å²) < 4.78 is 26.9. The Morgan fingerprint density at radius 2 is 1.50 bits per heavy atom. The lowest BCUT2D eigenvalue weighted by Gasteiger charge is -2.21. The van der Waals surface area contributed by atoms with E-state index >= 15 is 0 Å². The average Bonchev–Trinajstić information content (AvgIpc) is 2.62. The van der Waals surface area contributed by atoms with Crippen LogP contribution in [0.4, 0.5) is 5.69 Å². The maximum Gasteiger partial charge on any atom is 0.255 e. The Kier molecular flexibility index (Phi) is 7.20. The van der Waals surface area contributed by atoms with Gasteiger partial charge in [-0.25, -0.2) is 8.42 Å². The van der Waals surface area contributed by atoms with Crippen molar-refractivity contribution in [1.29, 1.82) is 0 Å². The van der Waals surface area contributed by atoms with Gasteiger partial charge in [0.2, 0.25) is 10.0 Å². The van der Waals surface area contributed by atoms with E-state index in [1.54, 1.807) is 36.4 Å². The van der Waals surface area contributed by atoms with Gasteiger partial charge in [-0.05, 0) is 61.4 Å². The average molecular weight is 395 g/mol. The number of hydrogen-bond donors (Lipinski definition) is 1. The number of sulfonamides is 1. The second-order valence-corrected chi connectivity index (χ2v) is 8.26. The number of nitrogens with zero attached hydrogens (tertiary/aromatic N) is 1. The van der Waals surface area contributed by atoms with E-state index in [4.69, 9.17) is 11.6 Å². The van der Waals surface area contributed by atoms with Gasteiger partial charge in [-0.3, -0.25) is 4.79 Å². The van der Waals surface area contributed by atoms with Crippen molar-refractivity contribution in [2.75, 3.05) is 18.4 Å². The molecule has 0 heterocycles. The Balaban J connectivity index is 2.14. The highest BCUT2D eigenvalue weighted by Crippen LogP contribution is 2.20. The first kappa shape index (κ1) is 20.4. The van der Waals surface area contributed by atoms with Gasteiger partial charge < -0.3 is 5.32 Å². The van der Waals surface area contributed by atoms with Crippen molar-refractivity contribution in [1.82, 2.24) is 4.31 Å². The van der Waals surface area contributed by atoms with Crippen LogP contribution in [-0.4, -0.2) is 31.7 Å². The molecule has 0 aliphatic rings. The molecule has 0 spiro atoms. The smallest absolute Gasteiger partial charge is 0.255 e. The zero-order valence-electron chi connectivity index (χ0n) is 14.9. The highest BCUT2D eigenvalue weighted by molar-refractivity contribution is 7.89. The molecule has 0 saturated heterocycles. The Morgan fingerprint density at radius 1 is 0.962 bits per heavy atom. The lowest BCUT2D eigenvalue weighted by Crippen LogP contribution is -2.32. The number of anilines is 1. The largest absolute Gasteiger partial charge is 0.322 e. The van der Waals surface area contributed by atoms with Crippen molar-refractivity contribution < 1.29 is 13.2 Å². The fraction of sp³-hybridized carbons (Fsp3) is 0.316. The van der Waals surface area contributed by atoms with Crippen LogP contribution >= 0.6 is 11.6 Å². The standard InChI is InChI=1S/C19H23ClN2O3S/c1-3-13-22(14-4-2)26(24,25)18-11-9-17(10-12-18)21-19(23)15-5-7-16(20)8-6-15/h5-12H,3-4,13-14H2,1-2H3,(H,21,23). The molecule has 0 saturated carbocycles. The number of rotatable bonds is 8. The zero-order valence-corrected chi connectivity index (χ0v) is 16.5. The number of amides is 1. The number of hydrogen-bond acceptors (Lipinski definition) is 3. The molecule has 2 rings (SSSR count). The summed E-state index contributed by atoms with van der Waals surface area (Å²) in [6.45, 7) is 4.89. The summed E-state index contributed by atoms with van der Waals surface area (Å²) in [7, 11) is -3.52. The fourth-order valence-electron chi connectivity index (χ4n) is 2.51. The molecule has 0 atom stereocenters. The summed E-state index contributed by atoms with van der Waals surface area (Å²) in [6, 6.07) is 12.8. The van der Waals surface area contributed by atoms with Gasteiger partial charge in [-0.2, -0.15) is 4.31 Å². The molecule has 140 valence electrons. The Hall–Kier alpha value is -1.89. The van der Waals surface area contributed by atoms with E-state index in [1.807, 2.05) is 13.8 Å². The predicted molar refractivity (Wildman–Crippen MR) is 105 cm³/mol. The molecule has 0 bridgehead atoms. The van der Waals surface area contributed by atoms with Crippen LogP contribution in [0.15, 0.2) is 53.4 Å². The monoisotopic (exact) mass is 394 g/mol. The van der Waals surface area contributed by atoms with E-state index in [0.29, 0.717) is 29.4 Å². The first-order chi connectivity index (χ1) is 12.4. The maximum absolute atomic E-state index is 12.7. The molecule has 1 N–H and O–H groups in total. The molecule has 0 unspecified atom stereocenters. The molecule has 0 aromatic heterocycles. The minimum atomic E-state index is -3.52. The summed E-state index contributed by atoms with van der Waals surface area (Å²) >= 11 is 5.81. The number of nitrogens with one attached hydrogen (secondary N) is 1. The molecular formula is C19H23ClN2O3S. The van der Waals surface area contributed by atoms with Gasteiger partial charge in [0.05, 0.1) is 4.90 Å². The quantitative estimate of drug-likeness (QED) is 0.721. The minimum Gasteiger partial charge on any atom is -0.322 e. The molecule has 0 fully saturated rings. The topological polar surface area (TPSA) is 66.5 Å². The van der Waals surface area contributed by atoms with Gasteiger partial charge in [0, 0.05) is 29.4 Å². The molecule has 1 amide bonds. The van der Waals surface area contributed by atoms with Gasteiger partial charge in [0.1, 0.15) is 0 Å². The van der Waals surface area contributed by atoms with Crippen molar-refractivity contribution in [3.05, 3.63) is 59.1 Å². The summed E-state index contributed by atoms with van der Waals surface area (Å²) in [5, 5.41) is 3.30. The third-order valence-electron chi connectivity index (χ3n) is 3.80. The van der Waals surface area contributed by atoms with E-state index in [2.05, 4.69) is 5.32 Å². The Bertz CT molecular complexity index is 828. The third kappa shape index (κ3) is 5.06. The van der Waals surface area contributed by atoms with E-state index < -0.39 is 10.0 Å². The highest BCUT2D eigenvalue weighted by atomic mass is 35.5. The number of halogens is 1. The van der Waals surface area contributed by atoms with E-state index in [0.717, 1.165) is 12.8 Å². The van der Waals surface area contributed by atoms with Crippen LogP contribution in [0.2, 0.25) is 5.02 Å². The summed E-state index contributed by atoms with van der Waals surface area (Å²) in [6.07, 6.45) is 1.52. The normalized spacial score (nSPS) is 11.5. The van der Waals surface area contributed by atoms with E-state index in [-0.39, 0.29) is 10.8 Å². The molecule has 0 aliphatic carbocycles. The number of carbonyl (C=O) groups is 1. The molecule has 0 radical (unpaired) electrons. The molecule has 2 aromatic carbocycles. The fourth-order valence-corrected chi connectivity index (χ4v) is 4.26. The Morgan fingerprint density at radius 3 is 2.00 bits per heavy atom. The maximum atomic E-state index is 12.7. The van der Waals surface area contributed by atoms with E-state index in [9.17, 15) is 13.2 Å². The lowest BCUT2D eigenvalue weighted by molar-refractivity contribution is 0.102. The van der Waals surface area contributed by atoms with Gasteiger partial charge in [0.25, 0.3) is 5.91 Å². The van der Waals surface area contributed by atoms with Crippen molar-refractivity contribution >= 4 is 33.2 Å². The molecule has 2 aromatic rings. The lowest BCUT2D eigenvalue weighted by atomic mass is 10.2. The first-order valence-corrected chi connectivity index (χ1v) is 10.4. The van der Waals surface area contributed by atoms with Crippen molar-refractivity contribution in [3.63, 3.8) is 0 Å². The molecule has 5 nitrogen and oxygen atoms in total. The summed E-state index contributed by atoms with van der Waals surface area (Å²) in [5.74, 6) is -0.282. The Labute approximate surface area is 160 Å². The second-order valence-electron chi connectivity index (χ2n) is 5.89. The van der Waals surface area contributed by atoms with Gasteiger partial charge in [-0.15, -0.1) is 0 Å². The van der Waals surface area contributed by atoms with Crippen molar-refractivity contribution in [2.45, 2.75) is 31.6 Å². The predicted octanol–water partition coefficient (Wildman–Crippen LogP) is 4.40. The second kappa shape index (κ2) is 9.16. The first-order valence-electron chi connectivity index (χ1n) is 8.55. The molecule has 0 aliphatic heterocycles. The van der Waals surface area contributed by atoms with Crippen LogP contribution in [-0.2, 0) is 10.0 Å². The third-order valence-corrected chi connectivity index (χ3v) is 5.97. The van der Waals surface area contributed by atoms with Crippen LogP contribution in [0.5, 0.6) is 0 Å². The van der Waals surface area contributed by atoms with Crippen LogP contribution < -0.4 is 5.32 Å². The van der Waals surface area contributed by atoms with E-state index in [1.165, 1.54) is 16.4 Å². The van der Waals surface area contributed by atoms with Gasteiger partial charge in [-0.1, -0.05) is 25.4 Å². The van der Waals surface area contributed by atoms with Crippen LogP contribution in [0.1, 0.15) is 37.0 Å². The van der Waals surface area contributed by atoms with Gasteiger partial charge >= 0.3 is 0 Å². The SMILES string of the molecule is CCCN(CCC)S(=O)(=O)c1ccc(NC(=O)c2ccc(Cl)cc2)cc1. The summed E-state index contributed by atoms with van der Waals surface area (Å²) in [4.78, 5) is 12.4. The van der Waals surface area contributed by atoms with Crippen molar-refractivity contribution in [3.8, 4) is 0 Å². The number of benzene rings is 2. The number of carbonyl (C=O) groups excluding carboxylic acids is 1. The highest BCUT2D eigenvalue weighted by Gasteiger charge is 2.22. The van der Waals surface area contributed by atoms with Crippen molar-refractivity contribution in [2.24, 2.45) is 0 Å².